The van der Waals surface area contributed by atoms with Crippen LogP contribution in [0.4, 0.5) is 5.69 Å². The van der Waals surface area contributed by atoms with Crippen molar-refractivity contribution in [1.29, 1.82) is 0 Å². The molecule has 3 unspecified atom stereocenters. The highest BCUT2D eigenvalue weighted by molar-refractivity contribution is 6.33. The second-order valence-electron chi connectivity index (χ2n) is 4.53. The van der Waals surface area contributed by atoms with Gasteiger partial charge in [-0.1, -0.05) is 11.6 Å². The molecule has 106 valence electrons. The second kappa shape index (κ2) is 6.46. The number of benzene rings is 1. The molecule has 0 saturated heterocycles. The first-order valence-corrected chi connectivity index (χ1v) is 6.81. The van der Waals surface area contributed by atoms with Crippen LogP contribution in [0.3, 0.4) is 0 Å². The fourth-order valence-corrected chi connectivity index (χ4v) is 2.53. The Bertz CT molecular complexity index is 427. The van der Waals surface area contributed by atoms with Crippen LogP contribution in [0.1, 0.15) is 13.3 Å². The summed E-state index contributed by atoms with van der Waals surface area (Å²) < 4.78 is 16.3. The molecular weight excluding hydrogens is 266 g/mol. The smallest absolute Gasteiger partial charge is 0.121 e. The lowest BCUT2D eigenvalue weighted by Crippen LogP contribution is -2.56. The van der Waals surface area contributed by atoms with Crippen molar-refractivity contribution in [2.24, 2.45) is 0 Å². The molecule has 3 atom stereocenters. The second-order valence-corrected chi connectivity index (χ2v) is 4.93. The van der Waals surface area contributed by atoms with E-state index in [2.05, 4.69) is 5.32 Å². The van der Waals surface area contributed by atoms with Crippen LogP contribution in [0.15, 0.2) is 18.2 Å². The summed E-state index contributed by atoms with van der Waals surface area (Å²) >= 11 is 6.18. The monoisotopic (exact) mass is 285 g/mol. The number of anilines is 1. The molecule has 5 heteroatoms. The number of nitrogens with one attached hydrogen (secondary N) is 1. The van der Waals surface area contributed by atoms with Gasteiger partial charge in [0.25, 0.3) is 0 Å². The van der Waals surface area contributed by atoms with Crippen molar-refractivity contribution in [2.75, 3.05) is 26.1 Å². The number of methoxy groups -OCH3 is 2. The standard InChI is InChI=1S/C14H20ClNO3/c1-4-19-13-8-12(14(13)18-3)16-11-7-9(17-2)5-6-10(11)15/h5-7,12-14,16H,4,8H2,1-3H3. The van der Waals surface area contributed by atoms with E-state index in [1.165, 1.54) is 0 Å². The Hall–Kier alpha value is -0.970. The highest BCUT2D eigenvalue weighted by atomic mass is 35.5. The van der Waals surface area contributed by atoms with Gasteiger partial charge in [-0.25, -0.2) is 0 Å². The third kappa shape index (κ3) is 3.14. The Morgan fingerprint density at radius 1 is 1.37 bits per heavy atom. The fraction of sp³-hybridized carbons (Fsp3) is 0.571. The topological polar surface area (TPSA) is 39.7 Å². The van der Waals surface area contributed by atoms with Crippen molar-refractivity contribution in [3.8, 4) is 5.75 Å². The van der Waals surface area contributed by atoms with Crippen LogP contribution in [0, 0.1) is 0 Å². The molecule has 0 radical (unpaired) electrons. The van der Waals surface area contributed by atoms with Crippen LogP contribution in [0.25, 0.3) is 0 Å². The summed E-state index contributed by atoms with van der Waals surface area (Å²) in [5, 5.41) is 4.07. The number of ether oxygens (including phenoxy) is 3. The van der Waals surface area contributed by atoms with E-state index in [0.29, 0.717) is 11.6 Å². The zero-order valence-corrected chi connectivity index (χ0v) is 12.2. The van der Waals surface area contributed by atoms with Crippen molar-refractivity contribution >= 4 is 17.3 Å². The minimum atomic E-state index is 0.0576. The van der Waals surface area contributed by atoms with Crippen molar-refractivity contribution in [2.45, 2.75) is 31.6 Å². The lowest BCUT2D eigenvalue weighted by molar-refractivity contribution is -0.118. The van der Waals surface area contributed by atoms with Gasteiger partial charge in [-0.2, -0.15) is 0 Å². The van der Waals surface area contributed by atoms with E-state index in [1.807, 2.05) is 25.1 Å². The van der Waals surface area contributed by atoms with Gasteiger partial charge >= 0.3 is 0 Å². The zero-order valence-electron chi connectivity index (χ0n) is 11.5. The van der Waals surface area contributed by atoms with Crippen molar-refractivity contribution in [1.82, 2.24) is 0 Å². The largest absolute Gasteiger partial charge is 0.497 e. The minimum Gasteiger partial charge on any atom is -0.497 e. The summed E-state index contributed by atoms with van der Waals surface area (Å²) in [5.41, 5.74) is 0.864. The molecule has 1 aromatic carbocycles. The van der Waals surface area contributed by atoms with Gasteiger partial charge in [0.15, 0.2) is 0 Å². The molecule has 2 rings (SSSR count). The van der Waals surface area contributed by atoms with Crippen LogP contribution in [0.5, 0.6) is 5.75 Å². The van der Waals surface area contributed by atoms with E-state index in [4.69, 9.17) is 25.8 Å². The maximum absolute atomic E-state index is 6.18. The predicted octanol–water partition coefficient (Wildman–Crippen LogP) is 2.95. The van der Waals surface area contributed by atoms with Crippen LogP contribution in [-0.2, 0) is 9.47 Å². The molecule has 1 fully saturated rings. The summed E-state index contributed by atoms with van der Waals surface area (Å²) in [6, 6.07) is 5.77. The normalized spacial score (nSPS) is 25.8. The maximum Gasteiger partial charge on any atom is 0.121 e. The van der Waals surface area contributed by atoms with E-state index in [1.54, 1.807) is 14.2 Å². The van der Waals surface area contributed by atoms with Gasteiger partial charge in [0.05, 0.1) is 30.0 Å². The van der Waals surface area contributed by atoms with Gasteiger partial charge in [0.2, 0.25) is 0 Å². The van der Waals surface area contributed by atoms with Gasteiger partial charge in [0.1, 0.15) is 11.9 Å². The Morgan fingerprint density at radius 3 is 2.79 bits per heavy atom. The van der Waals surface area contributed by atoms with Crippen LogP contribution in [-0.4, -0.2) is 39.1 Å². The molecule has 0 amide bonds. The fourth-order valence-electron chi connectivity index (χ4n) is 2.36. The quantitative estimate of drug-likeness (QED) is 0.872. The van der Waals surface area contributed by atoms with Crippen molar-refractivity contribution in [3.05, 3.63) is 23.2 Å². The zero-order chi connectivity index (χ0) is 13.8. The highest BCUT2D eigenvalue weighted by Crippen LogP contribution is 2.33. The van der Waals surface area contributed by atoms with Gasteiger partial charge in [-0.15, -0.1) is 0 Å². The summed E-state index contributed by atoms with van der Waals surface area (Å²) in [7, 11) is 3.34. The molecule has 0 aliphatic heterocycles. The molecule has 0 spiro atoms. The molecule has 0 aromatic heterocycles. The molecule has 1 aliphatic rings. The average molecular weight is 286 g/mol. The Morgan fingerprint density at radius 2 is 2.16 bits per heavy atom. The van der Waals surface area contributed by atoms with E-state index < -0.39 is 0 Å². The first kappa shape index (κ1) is 14.4. The summed E-state index contributed by atoms with van der Waals surface area (Å²) in [6.45, 7) is 2.70. The molecule has 1 aromatic rings. The Labute approximate surface area is 119 Å². The van der Waals surface area contributed by atoms with Crippen LogP contribution >= 0.6 is 11.6 Å². The molecule has 1 N–H and O–H groups in total. The summed E-state index contributed by atoms with van der Waals surface area (Å²) in [6.07, 6.45) is 1.14. The van der Waals surface area contributed by atoms with Crippen LogP contribution < -0.4 is 10.1 Å². The third-order valence-corrected chi connectivity index (χ3v) is 3.75. The Balaban J connectivity index is 2.02. The van der Waals surface area contributed by atoms with Gasteiger partial charge < -0.3 is 19.5 Å². The molecule has 4 nitrogen and oxygen atoms in total. The summed E-state index contributed by atoms with van der Waals surface area (Å²) in [4.78, 5) is 0. The third-order valence-electron chi connectivity index (χ3n) is 3.42. The molecule has 1 saturated carbocycles. The average Bonchev–Trinajstić information content (AvgIpc) is 2.40. The first-order chi connectivity index (χ1) is 9.19. The Kier molecular flexibility index (Phi) is 4.91. The summed E-state index contributed by atoms with van der Waals surface area (Å²) in [5.74, 6) is 0.779. The molecule has 0 bridgehead atoms. The van der Waals surface area contributed by atoms with Gasteiger partial charge in [0, 0.05) is 19.8 Å². The molecule has 19 heavy (non-hydrogen) atoms. The van der Waals surface area contributed by atoms with E-state index in [9.17, 15) is 0 Å². The number of hydrogen-bond donors (Lipinski definition) is 1. The lowest BCUT2D eigenvalue weighted by Gasteiger charge is -2.43. The van der Waals surface area contributed by atoms with Crippen molar-refractivity contribution < 1.29 is 14.2 Å². The first-order valence-electron chi connectivity index (χ1n) is 6.44. The lowest BCUT2D eigenvalue weighted by atomic mass is 9.85. The number of halogens is 1. The van der Waals surface area contributed by atoms with E-state index in [0.717, 1.165) is 17.9 Å². The SMILES string of the molecule is CCOC1CC(Nc2cc(OC)ccc2Cl)C1OC. The molecular formula is C14H20ClNO3. The number of hydrogen-bond acceptors (Lipinski definition) is 4. The van der Waals surface area contributed by atoms with E-state index in [-0.39, 0.29) is 18.2 Å². The van der Waals surface area contributed by atoms with E-state index >= 15 is 0 Å². The molecule has 0 heterocycles. The number of rotatable bonds is 6. The highest BCUT2D eigenvalue weighted by Gasteiger charge is 2.42. The molecule has 1 aliphatic carbocycles. The minimum absolute atomic E-state index is 0.0576. The van der Waals surface area contributed by atoms with Crippen LogP contribution in [0.2, 0.25) is 5.02 Å². The van der Waals surface area contributed by atoms with Crippen molar-refractivity contribution in [3.63, 3.8) is 0 Å². The van der Waals surface area contributed by atoms with Gasteiger partial charge in [-0.05, 0) is 25.5 Å². The predicted molar refractivity (Wildman–Crippen MR) is 76.2 cm³/mol. The maximum atomic E-state index is 6.18. The van der Waals surface area contributed by atoms with Gasteiger partial charge in [-0.3, -0.25) is 0 Å².